The van der Waals surface area contributed by atoms with Gasteiger partial charge in [-0.2, -0.15) is 4.98 Å². The second kappa shape index (κ2) is 5.28. The van der Waals surface area contributed by atoms with Gasteiger partial charge in [-0.3, -0.25) is 0 Å². The Morgan fingerprint density at radius 1 is 1.20 bits per heavy atom. The summed E-state index contributed by atoms with van der Waals surface area (Å²) in [6.07, 6.45) is 2.74. The number of carbonyl (C=O) groups is 1. The summed E-state index contributed by atoms with van der Waals surface area (Å²) < 4.78 is 5.32. The summed E-state index contributed by atoms with van der Waals surface area (Å²) in [5.74, 6) is -0.00277. The number of hydrogen-bond acceptors (Lipinski definition) is 4. The molecule has 2 aromatic rings. The van der Waals surface area contributed by atoms with Gasteiger partial charge < -0.3 is 9.84 Å². The predicted octanol–water partition coefficient (Wildman–Crippen LogP) is 2.10. The van der Waals surface area contributed by atoms with E-state index in [2.05, 4.69) is 9.97 Å². The van der Waals surface area contributed by atoms with E-state index in [-0.39, 0.29) is 6.61 Å². The van der Waals surface area contributed by atoms with Gasteiger partial charge >= 0.3 is 5.97 Å². The average molecular weight is 270 g/mol. The van der Waals surface area contributed by atoms with Gasteiger partial charge in [-0.1, -0.05) is 30.3 Å². The number of ether oxygens (including phenoxy) is 1. The van der Waals surface area contributed by atoms with E-state index in [1.807, 2.05) is 30.3 Å². The van der Waals surface area contributed by atoms with Crippen molar-refractivity contribution in [1.82, 2.24) is 9.97 Å². The van der Waals surface area contributed by atoms with Crippen molar-refractivity contribution >= 4 is 5.97 Å². The highest BCUT2D eigenvalue weighted by atomic mass is 16.5. The van der Waals surface area contributed by atoms with Crippen molar-refractivity contribution in [2.45, 2.75) is 19.3 Å². The Kier molecular flexibility index (Phi) is 3.33. The molecule has 5 nitrogen and oxygen atoms in total. The Labute approximate surface area is 116 Å². The normalized spacial score (nSPS) is 13.0. The van der Waals surface area contributed by atoms with Gasteiger partial charge in [0, 0.05) is 11.1 Å². The summed E-state index contributed by atoms with van der Waals surface area (Å²) in [7, 11) is 0. The van der Waals surface area contributed by atoms with Crippen LogP contribution in [0.2, 0.25) is 0 Å². The lowest BCUT2D eigenvalue weighted by molar-refractivity contribution is -0.139. The van der Waals surface area contributed by atoms with E-state index >= 15 is 0 Å². The van der Waals surface area contributed by atoms with Crippen LogP contribution in [-0.2, 0) is 17.6 Å². The van der Waals surface area contributed by atoms with Gasteiger partial charge in [-0.25, -0.2) is 9.78 Å². The molecule has 20 heavy (non-hydrogen) atoms. The SMILES string of the molecule is O=C(O)COc1nc(-c2ccccc2)nc2c1CCC2. The molecule has 3 rings (SSSR count). The molecule has 0 unspecified atom stereocenters. The Hall–Kier alpha value is -2.43. The van der Waals surface area contributed by atoms with Crippen molar-refractivity contribution in [2.24, 2.45) is 0 Å². The minimum Gasteiger partial charge on any atom is -0.479 e. The number of carboxylic acids is 1. The van der Waals surface area contributed by atoms with Crippen molar-refractivity contribution < 1.29 is 14.6 Å². The number of hydrogen-bond donors (Lipinski definition) is 1. The Bertz CT molecular complexity index is 641. The van der Waals surface area contributed by atoms with Crippen LogP contribution in [0.25, 0.3) is 11.4 Å². The van der Waals surface area contributed by atoms with Gasteiger partial charge in [0.05, 0.1) is 5.69 Å². The van der Waals surface area contributed by atoms with Gasteiger partial charge in [0.1, 0.15) is 0 Å². The molecule has 0 radical (unpaired) electrons. The first-order valence-electron chi connectivity index (χ1n) is 6.54. The molecule has 1 aromatic heterocycles. The van der Waals surface area contributed by atoms with Crippen LogP contribution in [0.5, 0.6) is 5.88 Å². The minimum absolute atomic E-state index is 0.377. The van der Waals surface area contributed by atoms with Gasteiger partial charge in [-0.05, 0) is 19.3 Å². The van der Waals surface area contributed by atoms with Crippen LogP contribution in [0.1, 0.15) is 17.7 Å². The largest absolute Gasteiger partial charge is 0.479 e. The van der Waals surface area contributed by atoms with E-state index < -0.39 is 5.97 Å². The van der Waals surface area contributed by atoms with Gasteiger partial charge in [-0.15, -0.1) is 0 Å². The molecule has 0 bridgehead atoms. The highest BCUT2D eigenvalue weighted by Gasteiger charge is 2.21. The summed E-state index contributed by atoms with van der Waals surface area (Å²) in [6, 6.07) is 9.63. The summed E-state index contributed by atoms with van der Waals surface area (Å²) >= 11 is 0. The molecule has 1 heterocycles. The number of benzene rings is 1. The van der Waals surface area contributed by atoms with E-state index in [0.29, 0.717) is 11.7 Å². The molecule has 0 spiro atoms. The van der Waals surface area contributed by atoms with E-state index in [4.69, 9.17) is 9.84 Å². The molecule has 0 amide bonds. The van der Waals surface area contributed by atoms with Gasteiger partial charge in [0.25, 0.3) is 0 Å². The molecule has 1 aromatic carbocycles. The van der Waals surface area contributed by atoms with E-state index in [1.54, 1.807) is 0 Å². The molecular formula is C15H14N2O3. The first kappa shape index (κ1) is 12.6. The third kappa shape index (κ3) is 2.47. The fourth-order valence-corrected chi connectivity index (χ4v) is 2.36. The van der Waals surface area contributed by atoms with Crippen LogP contribution in [0.4, 0.5) is 0 Å². The fourth-order valence-electron chi connectivity index (χ4n) is 2.36. The Morgan fingerprint density at radius 2 is 2.00 bits per heavy atom. The summed E-state index contributed by atoms with van der Waals surface area (Å²) in [5.41, 5.74) is 2.83. The lowest BCUT2D eigenvalue weighted by Crippen LogP contribution is -2.12. The first-order chi connectivity index (χ1) is 9.74. The highest BCUT2D eigenvalue weighted by molar-refractivity contribution is 5.68. The molecule has 0 aliphatic heterocycles. The topological polar surface area (TPSA) is 72.3 Å². The minimum atomic E-state index is -1.00. The maximum atomic E-state index is 10.7. The van der Waals surface area contributed by atoms with Crippen molar-refractivity contribution in [1.29, 1.82) is 0 Å². The van der Waals surface area contributed by atoms with Crippen molar-refractivity contribution in [3.05, 3.63) is 41.6 Å². The lowest BCUT2D eigenvalue weighted by atomic mass is 10.2. The maximum Gasteiger partial charge on any atom is 0.341 e. The Balaban J connectivity index is 2.00. The highest BCUT2D eigenvalue weighted by Crippen LogP contribution is 2.30. The molecule has 0 atom stereocenters. The molecule has 0 saturated heterocycles. The van der Waals surface area contributed by atoms with Crippen molar-refractivity contribution in [3.8, 4) is 17.3 Å². The van der Waals surface area contributed by atoms with E-state index in [1.165, 1.54) is 0 Å². The van der Waals surface area contributed by atoms with Crippen molar-refractivity contribution in [2.75, 3.05) is 6.61 Å². The van der Waals surface area contributed by atoms with Crippen LogP contribution in [0.15, 0.2) is 30.3 Å². The Morgan fingerprint density at radius 3 is 2.75 bits per heavy atom. The molecule has 0 saturated carbocycles. The van der Waals surface area contributed by atoms with Gasteiger partial charge in [0.2, 0.25) is 5.88 Å². The molecule has 102 valence electrons. The number of nitrogens with zero attached hydrogens (tertiary/aromatic N) is 2. The molecule has 1 N–H and O–H groups in total. The number of rotatable bonds is 4. The zero-order valence-corrected chi connectivity index (χ0v) is 10.9. The number of aromatic nitrogens is 2. The van der Waals surface area contributed by atoms with E-state index in [9.17, 15) is 4.79 Å². The third-order valence-corrected chi connectivity index (χ3v) is 3.26. The first-order valence-corrected chi connectivity index (χ1v) is 6.54. The van der Waals surface area contributed by atoms with Crippen LogP contribution in [0, 0.1) is 0 Å². The predicted molar refractivity (Wildman–Crippen MR) is 72.6 cm³/mol. The molecule has 1 aliphatic carbocycles. The number of aryl methyl sites for hydroxylation is 1. The van der Waals surface area contributed by atoms with Crippen LogP contribution >= 0.6 is 0 Å². The summed E-state index contributed by atoms with van der Waals surface area (Å²) in [5, 5.41) is 8.74. The molecular weight excluding hydrogens is 256 g/mol. The standard InChI is InChI=1S/C15H14N2O3/c18-13(19)9-20-15-11-7-4-8-12(11)16-14(17-15)10-5-2-1-3-6-10/h1-3,5-6H,4,7-9H2,(H,18,19). The zero-order chi connectivity index (χ0) is 13.9. The van der Waals surface area contributed by atoms with Crippen LogP contribution in [0.3, 0.4) is 0 Å². The number of fused-ring (bicyclic) bond motifs is 1. The summed E-state index contributed by atoms with van der Waals surface area (Å²) in [4.78, 5) is 19.6. The number of carboxylic acid groups (broad SMARTS) is 1. The van der Waals surface area contributed by atoms with E-state index in [0.717, 1.165) is 36.1 Å². The average Bonchev–Trinajstić information content (AvgIpc) is 2.94. The quantitative estimate of drug-likeness (QED) is 0.921. The maximum absolute atomic E-state index is 10.7. The fraction of sp³-hybridized carbons (Fsp3) is 0.267. The second-order valence-corrected chi connectivity index (χ2v) is 4.68. The van der Waals surface area contributed by atoms with Gasteiger partial charge in [0.15, 0.2) is 12.4 Å². The summed E-state index contributed by atoms with van der Waals surface area (Å²) in [6.45, 7) is -0.377. The second-order valence-electron chi connectivity index (χ2n) is 4.68. The zero-order valence-electron chi connectivity index (χ0n) is 10.9. The molecule has 5 heteroatoms. The number of aliphatic carboxylic acids is 1. The lowest BCUT2D eigenvalue weighted by Gasteiger charge is -2.10. The van der Waals surface area contributed by atoms with Crippen molar-refractivity contribution in [3.63, 3.8) is 0 Å². The molecule has 0 fully saturated rings. The van der Waals surface area contributed by atoms with Crippen LogP contribution in [-0.4, -0.2) is 27.7 Å². The van der Waals surface area contributed by atoms with Crippen LogP contribution < -0.4 is 4.74 Å². The smallest absolute Gasteiger partial charge is 0.341 e. The monoisotopic (exact) mass is 270 g/mol. The molecule has 1 aliphatic rings. The third-order valence-electron chi connectivity index (χ3n) is 3.26.